The molecule has 1 aliphatic rings. The number of carboxylic acid groups (broad SMARTS) is 1. The Morgan fingerprint density at radius 2 is 1.67 bits per heavy atom. The number of hydrogen-bond acceptors (Lipinski definition) is 5. The van der Waals surface area contributed by atoms with Crippen LogP contribution in [0, 0.1) is 13.8 Å². The fraction of sp³-hybridized carbons (Fsp3) is 0.190. The molecule has 2 heterocycles. The summed E-state index contributed by atoms with van der Waals surface area (Å²) in [7, 11) is -3.83. The van der Waals surface area contributed by atoms with Crippen LogP contribution in [-0.4, -0.2) is 37.3 Å². The molecule has 0 radical (unpaired) electrons. The van der Waals surface area contributed by atoms with Crippen molar-refractivity contribution < 1.29 is 27.8 Å². The first-order valence-corrected chi connectivity index (χ1v) is 10.7. The Kier molecular flexibility index (Phi) is 4.79. The van der Waals surface area contributed by atoms with E-state index in [1.807, 2.05) is 12.1 Å². The summed E-state index contributed by atoms with van der Waals surface area (Å²) in [6.07, 6.45) is 0. The van der Waals surface area contributed by atoms with E-state index in [9.17, 15) is 18.3 Å². The number of ether oxygens (including phenoxy) is 2. The van der Waals surface area contributed by atoms with Gasteiger partial charge < -0.3 is 19.1 Å². The summed E-state index contributed by atoms with van der Waals surface area (Å²) in [4.78, 5) is 11.9. The first kappa shape index (κ1) is 20.0. The highest BCUT2D eigenvalue weighted by Gasteiger charge is 2.25. The minimum Gasteiger partial charge on any atom is -0.486 e. The number of aromatic carboxylic acids is 1. The molecule has 3 N–H and O–H groups in total. The number of sulfonamides is 1. The zero-order chi connectivity index (χ0) is 21.6. The van der Waals surface area contributed by atoms with Gasteiger partial charge in [-0.1, -0.05) is 0 Å². The molecular weight excluding hydrogens is 408 g/mol. The van der Waals surface area contributed by atoms with Gasteiger partial charge in [0.05, 0.1) is 16.2 Å². The molecular formula is C21H20N2O6S. The van der Waals surface area contributed by atoms with Crippen molar-refractivity contribution in [3.63, 3.8) is 0 Å². The average molecular weight is 428 g/mol. The molecule has 0 bridgehead atoms. The molecule has 0 spiro atoms. The number of carboxylic acids is 1. The molecule has 2 aromatic carbocycles. The number of nitrogens with two attached hydrogens (primary N) is 1. The van der Waals surface area contributed by atoms with Crippen LogP contribution in [0.2, 0.25) is 0 Å². The molecule has 0 amide bonds. The molecule has 0 atom stereocenters. The van der Waals surface area contributed by atoms with E-state index in [2.05, 4.69) is 0 Å². The highest BCUT2D eigenvalue weighted by atomic mass is 32.2. The SMILES string of the molecule is Cc1c(C(=O)O)c(C)n(-c2ccc(S(N)(=O)=O)cc2)c1-c1ccc2c(c1)OCCO2. The Hall–Kier alpha value is -3.30. The number of carbonyl (C=O) groups is 1. The third kappa shape index (κ3) is 3.31. The van der Waals surface area contributed by atoms with Crippen molar-refractivity contribution >= 4 is 16.0 Å². The summed E-state index contributed by atoms with van der Waals surface area (Å²) in [6.45, 7) is 4.37. The number of nitrogens with zero attached hydrogens (tertiary/aromatic N) is 1. The van der Waals surface area contributed by atoms with Crippen molar-refractivity contribution in [3.05, 3.63) is 59.3 Å². The van der Waals surface area contributed by atoms with Crippen molar-refractivity contribution in [1.82, 2.24) is 4.57 Å². The van der Waals surface area contributed by atoms with Crippen LogP contribution in [0.15, 0.2) is 47.4 Å². The molecule has 1 aliphatic heterocycles. The molecule has 0 unspecified atom stereocenters. The highest BCUT2D eigenvalue weighted by molar-refractivity contribution is 7.89. The summed E-state index contributed by atoms with van der Waals surface area (Å²) < 4.78 is 36.2. The fourth-order valence-electron chi connectivity index (χ4n) is 3.80. The van der Waals surface area contributed by atoms with Crippen LogP contribution in [-0.2, 0) is 10.0 Å². The van der Waals surface area contributed by atoms with E-state index in [1.165, 1.54) is 12.1 Å². The lowest BCUT2D eigenvalue weighted by Gasteiger charge is -2.20. The van der Waals surface area contributed by atoms with Gasteiger partial charge >= 0.3 is 5.97 Å². The number of primary sulfonamides is 1. The quantitative estimate of drug-likeness (QED) is 0.659. The van der Waals surface area contributed by atoms with Gasteiger partial charge in [-0.2, -0.15) is 0 Å². The Balaban J connectivity index is 1.95. The average Bonchev–Trinajstić information content (AvgIpc) is 2.97. The Labute approximate surface area is 173 Å². The maximum Gasteiger partial charge on any atom is 0.337 e. The van der Waals surface area contributed by atoms with Gasteiger partial charge in [-0.25, -0.2) is 18.4 Å². The molecule has 0 saturated carbocycles. The normalized spacial score (nSPS) is 13.3. The van der Waals surface area contributed by atoms with Crippen LogP contribution < -0.4 is 14.6 Å². The van der Waals surface area contributed by atoms with Crippen LogP contribution >= 0.6 is 0 Å². The van der Waals surface area contributed by atoms with Crippen molar-refractivity contribution in [2.75, 3.05) is 13.2 Å². The fourth-order valence-corrected chi connectivity index (χ4v) is 4.31. The van der Waals surface area contributed by atoms with Crippen LogP contribution in [0.1, 0.15) is 21.6 Å². The van der Waals surface area contributed by atoms with E-state index in [4.69, 9.17) is 14.6 Å². The lowest BCUT2D eigenvalue weighted by Crippen LogP contribution is -2.15. The molecule has 3 aromatic rings. The molecule has 156 valence electrons. The van der Waals surface area contributed by atoms with Gasteiger partial charge in [0.25, 0.3) is 0 Å². The summed E-state index contributed by atoms with van der Waals surface area (Å²) in [5.74, 6) is 0.183. The molecule has 9 heteroatoms. The smallest absolute Gasteiger partial charge is 0.337 e. The summed E-state index contributed by atoms with van der Waals surface area (Å²) in [6, 6.07) is 11.4. The minimum atomic E-state index is -3.83. The van der Waals surface area contributed by atoms with Gasteiger partial charge in [-0.3, -0.25) is 0 Å². The third-order valence-corrected chi connectivity index (χ3v) is 6.03. The number of benzene rings is 2. The topological polar surface area (TPSA) is 121 Å². The molecule has 30 heavy (non-hydrogen) atoms. The zero-order valence-corrected chi connectivity index (χ0v) is 17.2. The second kappa shape index (κ2) is 7.19. The molecule has 0 fully saturated rings. The zero-order valence-electron chi connectivity index (χ0n) is 16.4. The van der Waals surface area contributed by atoms with Crippen molar-refractivity contribution in [2.24, 2.45) is 5.14 Å². The van der Waals surface area contributed by atoms with E-state index in [-0.39, 0.29) is 10.5 Å². The van der Waals surface area contributed by atoms with Gasteiger partial charge in [0, 0.05) is 16.9 Å². The Bertz CT molecular complexity index is 1260. The predicted octanol–water partition coefficient (Wildman–Crippen LogP) is 2.88. The maximum atomic E-state index is 11.9. The van der Waals surface area contributed by atoms with E-state index in [1.54, 1.807) is 36.6 Å². The lowest BCUT2D eigenvalue weighted by atomic mass is 10.0. The monoisotopic (exact) mass is 428 g/mol. The Morgan fingerprint density at radius 1 is 1.03 bits per heavy atom. The summed E-state index contributed by atoms with van der Waals surface area (Å²) in [5, 5.41) is 15.0. The highest BCUT2D eigenvalue weighted by Crippen LogP contribution is 2.39. The molecule has 0 aliphatic carbocycles. The van der Waals surface area contributed by atoms with E-state index >= 15 is 0 Å². The first-order valence-electron chi connectivity index (χ1n) is 9.17. The molecule has 0 saturated heterocycles. The van der Waals surface area contributed by atoms with Crippen LogP contribution in [0.4, 0.5) is 0 Å². The molecule has 8 nitrogen and oxygen atoms in total. The maximum absolute atomic E-state index is 11.9. The van der Waals surface area contributed by atoms with Gasteiger partial charge in [0.1, 0.15) is 13.2 Å². The second-order valence-corrected chi connectivity index (χ2v) is 8.53. The largest absolute Gasteiger partial charge is 0.486 e. The Morgan fingerprint density at radius 3 is 2.27 bits per heavy atom. The number of aromatic nitrogens is 1. The van der Waals surface area contributed by atoms with Gasteiger partial charge in [-0.15, -0.1) is 0 Å². The number of fused-ring (bicyclic) bond motifs is 1. The van der Waals surface area contributed by atoms with Crippen LogP contribution in [0.25, 0.3) is 16.9 Å². The molecule has 4 rings (SSSR count). The van der Waals surface area contributed by atoms with E-state index in [0.29, 0.717) is 47.4 Å². The minimum absolute atomic E-state index is 0.0212. The number of rotatable bonds is 4. The standard InChI is InChI=1S/C21H20N2O6S/c1-12-19(21(24)25)13(2)23(15-4-6-16(7-5-15)30(22,26)27)20(12)14-3-8-17-18(11-14)29-10-9-28-17/h3-8,11H,9-10H2,1-2H3,(H,24,25)(H2,22,26,27). The van der Waals surface area contributed by atoms with Crippen molar-refractivity contribution in [1.29, 1.82) is 0 Å². The van der Waals surface area contributed by atoms with E-state index in [0.717, 1.165) is 5.56 Å². The summed E-state index contributed by atoms with van der Waals surface area (Å²) >= 11 is 0. The van der Waals surface area contributed by atoms with Gasteiger partial charge in [-0.05, 0) is 61.9 Å². The summed E-state index contributed by atoms with van der Waals surface area (Å²) in [5.41, 5.74) is 3.34. The second-order valence-electron chi connectivity index (χ2n) is 6.97. The van der Waals surface area contributed by atoms with Crippen LogP contribution in [0.3, 0.4) is 0 Å². The van der Waals surface area contributed by atoms with Crippen molar-refractivity contribution in [2.45, 2.75) is 18.7 Å². The first-order chi connectivity index (χ1) is 14.2. The molecule has 1 aromatic heterocycles. The van der Waals surface area contributed by atoms with E-state index < -0.39 is 16.0 Å². The van der Waals surface area contributed by atoms with Gasteiger partial charge in [0.15, 0.2) is 11.5 Å². The lowest BCUT2D eigenvalue weighted by molar-refractivity contribution is 0.0695. The van der Waals surface area contributed by atoms with Gasteiger partial charge in [0.2, 0.25) is 10.0 Å². The number of hydrogen-bond donors (Lipinski definition) is 2. The van der Waals surface area contributed by atoms with Crippen LogP contribution in [0.5, 0.6) is 11.5 Å². The third-order valence-electron chi connectivity index (χ3n) is 5.10. The van der Waals surface area contributed by atoms with Crippen molar-refractivity contribution in [3.8, 4) is 28.4 Å². The predicted molar refractivity (Wildman–Crippen MR) is 110 cm³/mol.